The Labute approximate surface area is 170 Å². The molecule has 1 aromatic heterocycles. The van der Waals surface area contributed by atoms with Gasteiger partial charge in [0, 0.05) is 23.2 Å². The van der Waals surface area contributed by atoms with Gasteiger partial charge in [-0.25, -0.2) is 14.4 Å². The maximum atomic E-state index is 14.5. The van der Waals surface area contributed by atoms with Crippen molar-refractivity contribution < 1.29 is 14.2 Å². The number of fused-ring (bicyclic) bond motifs is 1. The Bertz CT molecular complexity index is 1010. The number of allylic oxidation sites excluding steroid dienone is 1. The largest absolute Gasteiger partial charge is 0.489 e. The van der Waals surface area contributed by atoms with Crippen molar-refractivity contribution in [1.82, 2.24) is 9.97 Å². The topological polar surface area (TPSA) is 55.2 Å². The first kappa shape index (κ1) is 20.7. The van der Waals surface area contributed by atoms with Gasteiger partial charge in [0.25, 0.3) is 0 Å². The van der Waals surface area contributed by atoms with Gasteiger partial charge in [-0.05, 0) is 62.1 Å². The normalized spacial score (nSPS) is 12.4. The van der Waals surface area contributed by atoms with E-state index in [1.807, 2.05) is 30.4 Å². The predicted octanol–water partition coefficient (Wildman–Crippen LogP) is 5.57. The molecule has 0 saturated carbocycles. The van der Waals surface area contributed by atoms with E-state index in [0.29, 0.717) is 23.7 Å². The Morgan fingerprint density at radius 1 is 1.24 bits per heavy atom. The molecule has 3 aromatic rings. The molecule has 1 unspecified atom stereocenters. The number of aliphatic hydroxyl groups is 1. The fourth-order valence-electron chi connectivity index (χ4n) is 2.99. The molecule has 2 aromatic carbocycles. The lowest BCUT2D eigenvalue weighted by Crippen LogP contribution is -1.97. The van der Waals surface area contributed by atoms with Crippen molar-refractivity contribution >= 4 is 17.0 Å². The quantitative estimate of drug-likeness (QED) is 0.382. The zero-order valence-electron chi connectivity index (χ0n) is 16.5. The molecular weight excluding hydrogens is 367 g/mol. The summed E-state index contributed by atoms with van der Waals surface area (Å²) in [6.07, 6.45) is 9.58. The third kappa shape index (κ3) is 5.72. The number of halogens is 1. The molecule has 0 fully saturated rings. The first-order valence-corrected chi connectivity index (χ1v) is 9.72. The van der Waals surface area contributed by atoms with E-state index in [4.69, 9.17) is 4.74 Å². The second-order valence-corrected chi connectivity index (χ2v) is 6.93. The average molecular weight is 392 g/mol. The maximum absolute atomic E-state index is 14.5. The molecule has 0 aliphatic heterocycles. The Balaban J connectivity index is 1.75. The van der Waals surface area contributed by atoms with Crippen molar-refractivity contribution in [2.24, 2.45) is 0 Å². The maximum Gasteiger partial charge on any atom is 0.152 e. The number of hydrogen-bond donors (Lipinski definition) is 1. The summed E-state index contributed by atoms with van der Waals surface area (Å²) < 4.78 is 19.9. The molecular formula is C24H25FN2O2. The number of ether oxygens (including phenoxy) is 1. The van der Waals surface area contributed by atoms with E-state index in [2.05, 4.69) is 16.5 Å². The molecule has 0 bridgehead atoms. The van der Waals surface area contributed by atoms with Crippen LogP contribution in [0.5, 0.6) is 5.75 Å². The number of aliphatic hydroxyl groups excluding tert-OH is 1. The fourth-order valence-corrected chi connectivity index (χ4v) is 2.99. The van der Waals surface area contributed by atoms with E-state index in [0.717, 1.165) is 35.7 Å². The molecule has 0 saturated heterocycles. The van der Waals surface area contributed by atoms with Crippen molar-refractivity contribution in [2.45, 2.75) is 32.3 Å². The van der Waals surface area contributed by atoms with Gasteiger partial charge in [-0.1, -0.05) is 24.8 Å². The van der Waals surface area contributed by atoms with Crippen LogP contribution in [0.15, 0.2) is 61.3 Å². The summed E-state index contributed by atoms with van der Waals surface area (Å²) in [5.74, 6) is 0.765. The van der Waals surface area contributed by atoms with Crippen LogP contribution >= 0.6 is 0 Å². The molecule has 1 heterocycles. The van der Waals surface area contributed by atoms with Crippen LogP contribution in [0.4, 0.5) is 4.39 Å². The minimum absolute atomic E-state index is 0.268. The highest BCUT2D eigenvalue weighted by Gasteiger charge is 2.08. The number of benzene rings is 2. The third-order valence-corrected chi connectivity index (χ3v) is 4.48. The predicted molar refractivity (Wildman–Crippen MR) is 115 cm³/mol. The lowest BCUT2D eigenvalue weighted by atomic mass is 10.0. The van der Waals surface area contributed by atoms with Crippen molar-refractivity contribution in [3.63, 3.8) is 0 Å². The SMILES string of the molecule is C=CCOc1ccc(-c2ccc3nc(/C=C/CCCC(C)O)ncc3c2)c(F)c1. The van der Waals surface area contributed by atoms with Crippen molar-refractivity contribution in [3.05, 3.63) is 73.0 Å². The molecule has 5 heteroatoms. The first-order chi connectivity index (χ1) is 14.1. The average Bonchev–Trinajstić information content (AvgIpc) is 2.71. The second-order valence-electron chi connectivity index (χ2n) is 6.93. The summed E-state index contributed by atoms with van der Waals surface area (Å²) in [6.45, 7) is 5.72. The molecule has 0 aliphatic carbocycles. The molecule has 150 valence electrons. The van der Waals surface area contributed by atoms with E-state index >= 15 is 0 Å². The summed E-state index contributed by atoms with van der Waals surface area (Å²) in [5, 5.41) is 10.1. The molecule has 0 radical (unpaired) electrons. The van der Waals surface area contributed by atoms with Crippen LogP contribution in [0.3, 0.4) is 0 Å². The van der Waals surface area contributed by atoms with Crippen molar-refractivity contribution in [2.75, 3.05) is 6.61 Å². The Morgan fingerprint density at radius 2 is 2.10 bits per heavy atom. The van der Waals surface area contributed by atoms with Gasteiger partial charge in [-0.15, -0.1) is 0 Å². The molecule has 1 atom stereocenters. The second kappa shape index (κ2) is 9.94. The van der Waals surface area contributed by atoms with Crippen molar-refractivity contribution in [3.8, 4) is 16.9 Å². The van der Waals surface area contributed by atoms with Crippen LogP contribution in [-0.4, -0.2) is 27.8 Å². The Hall–Kier alpha value is -3.05. The number of unbranched alkanes of at least 4 members (excludes halogenated alkanes) is 1. The molecule has 0 aliphatic rings. The highest BCUT2D eigenvalue weighted by molar-refractivity contribution is 5.84. The number of hydrogen-bond acceptors (Lipinski definition) is 4. The lowest BCUT2D eigenvalue weighted by molar-refractivity contribution is 0.182. The van der Waals surface area contributed by atoms with Crippen LogP contribution in [0.1, 0.15) is 32.0 Å². The highest BCUT2D eigenvalue weighted by Crippen LogP contribution is 2.28. The summed E-state index contributed by atoms with van der Waals surface area (Å²) in [6, 6.07) is 10.4. The van der Waals surface area contributed by atoms with Crippen LogP contribution in [0.25, 0.3) is 28.1 Å². The van der Waals surface area contributed by atoms with E-state index in [-0.39, 0.29) is 11.9 Å². The van der Waals surface area contributed by atoms with E-state index in [1.165, 1.54) is 6.07 Å². The molecule has 3 rings (SSSR count). The standard InChI is InChI=1S/C24H25FN2O2/c1-3-13-29-20-10-11-21(22(25)15-20)18-9-12-23-19(14-18)16-26-24(27-23)8-6-4-5-7-17(2)28/h3,6,8-12,14-17,28H,1,4-5,7,13H2,2H3/b8-6+. The van der Waals surface area contributed by atoms with Crippen LogP contribution in [0, 0.1) is 5.82 Å². The van der Waals surface area contributed by atoms with E-state index in [9.17, 15) is 9.50 Å². The molecule has 29 heavy (non-hydrogen) atoms. The third-order valence-electron chi connectivity index (χ3n) is 4.48. The summed E-state index contributed by atoms with van der Waals surface area (Å²) in [7, 11) is 0. The van der Waals surface area contributed by atoms with E-state index < -0.39 is 0 Å². The molecule has 4 nitrogen and oxygen atoms in total. The Morgan fingerprint density at radius 3 is 2.86 bits per heavy atom. The zero-order valence-corrected chi connectivity index (χ0v) is 16.5. The molecule has 0 amide bonds. The molecule has 1 N–H and O–H groups in total. The van der Waals surface area contributed by atoms with Crippen LogP contribution < -0.4 is 4.74 Å². The van der Waals surface area contributed by atoms with Gasteiger partial charge in [-0.2, -0.15) is 0 Å². The summed E-state index contributed by atoms with van der Waals surface area (Å²) in [5.41, 5.74) is 2.06. The lowest BCUT2D eigenvalue weighted by Gasteiger charge is -2.08. The number of aromatic nitrogens is 2. The summed E-state index contributed by atoms with van der Waals surface area (Å²) >= 11 is 0. The number of nitrogens with zero attached hydrogens (tertiary/aromatic N) is 2. The Kier molecular flexibility index (Phi) is 7.09. The highest BCUT2D eigenvalue weighted by atomic mass is 19.1. The van der Waals surface area contributed by atoms with Crippen LogP contribution in [0.2, 0.25) is 0 Å². The van der Waals surface area contributed by atoms with Gasteiger partial charge in [0.15, 0.2) is 5.82 Å². The fraction of sp³-hybridized carbons (Fsp3) is 0.250. The van der Waals surface area contributed by atoms with Gasteiger partial charge < -0.3 is 9.84 Å². The zero-order chi connectivity index (χ0) is 20.6. The summed E-state index contributed by atoms with van der Waals surface area (Å²) in [4.78, 5) is 8.92. The monoisotopic (exact) mass is 392 g/mol. The molecule has 0 spiro atoms. The van der Waals surface area contributed by atoms with Gasteiger partial charge in [0.2, 0.25) is 0 Å². The van der Waals surface area contributed by atoms with Gasteiger partial charge in [-0.3, -0.25) is 0 Å². The smallest absolute Gasteiger partial charge is 0.152 e. The minimum Gasteiger partial charge on any atom is -0.489 e. The first-order valence-electron chi connectivity index (χ1n) is 9.72. The van der Waals surface area contributed by atoms with Crippen molar-refractivity contribution in [1.29, 1.82) is 0 Å². The van der Waals surface area contributed by atoms with Gasteiger partial charge in [0.1, 0.15) is 18.2 Å². The van der Waals surface area contributed by atoms with E-state index in [1.54, 1.807) is 31.3 Å². The number of rotatable bonds is 9. The van der Waals surface area contributed by atoms with Crippen LogP contribution in [-0.2, 0) is 0 Å². The van der Waals surface area contributed by atoms with Gasteiger partial charge >= 0.3 is 0 Å². The van der Waals surface area contributed by atoms with Gasteiger partial charge in [0.05, 0.1) is 11.6 Å². The minimum atomic E-state index is -0.344.